The molecule has 1 aliphatic rings. The third-order valence-electron chi connectivity index (χ3n) is 4.16. The zero-order chi connectivity index (χ0) is 13.8. The van der Waals surface area contributed by atoms with Crippen molar-refractivity contribution in [3.63, 3.8) is 0 Å². The molecule has 0 spiro atoms. The fraction of sp³-hybridized carbons (Fsp3) is 0.625. The van der Waals surface area contributed by atoms with Gasteiger partial charge in [0.25, 0.3) is 0 Å². The van der Waals surface area contributed by atoms with Crippen LogP contribution in [0.25, 0.3) is 0 Å². The Kier molecular flexibility index (Phi) is 4.94. The van der Waals surface area contributed by atoms with E-state index in [1.165, 1.54) is 12.0 Å². The number of benzene rings is 1. The Morgan fingerprint density at radius 2 is 1.89 bits per heavy atom. The van der Waals surface area contributed by atoms with Gasteiger partial charge in [0, 0.05) is 25.2 Å². The molecule has 0 amide bonds. The van der Waals surface area contributed by atoms with Crippen molar-refractivity contribution in [2.75, 3.05) is 19.6 Å². The van der Waals surface area contributed by atoms with Gasteiger partial charge in [-0.25, -0.2) is 4.39 Å². The van der Waals surface area contributed by atoms with Crippen LogP contribution in [0.1, 0.15) is 38.8 Å². The zero-order valence-corrected chi connectivity index (χ0v) is 12.2. The molecular weight excluding hydrogens is 239 g/mol. The molecule has 1 aliphatic heterocycles. The molecule has 1 fully saturated rings. The first-order valence-corrected chi connectivity index (χ1v) is 7.31. The Labute approximate surface area is 116 Å². The second kappa shape index (κ2) is 6.49. The van der Waals surface area contributed by atoms with Gasteiger partial charge < -0.3 is 5.32 Å². The van der Waals surface area contributed by atoms with Crippen LogP contribution in [0.5, 0.6) is 0 Å². The van der Waals surface area contributed by atoms with E-state index in [1.807, 2.05) is 12.1 Å². The summed E-state index contributed by atoms with van der Waals surface area (Å²) in [6, 6.07) is 7.82. The first kappa shape index (κ1) is 14.5. The van der Waals surface area contributed by atoms with Gasteiger partial charge in [-0.3, -0.25) is 4.90 Å². The molecule has 0 saturated carbocycles. The first-order chi connectivity index (χ1) is 9.08. The molecule has 106 valence electrons. The van der Waals surface area contributed by atoms with Crippen molar-refractivity contribution in [1.29, 1.82) is 0 Å². The smallest absolute Gasteiger partial charge is 0.123 e. The number of nitrogens with one attached hydrogen (secondary N) is 1. The average molecular weight is 264 g/mol. The monoisotopic (exact) mass is 264 g/mol. The van der Waals surface area contributed by atoms with Crippen LogP contribution in [0, 0.1) is 11.7 Å². The van der Waals surface area contributed by atoms with Crippen molar-refractivity contribution in [2.24, 2.45) is 5.92 Å². The van der Waals surface area contributed by atoms with Crippen LogP contribution in [0.15, 0.2) is 24.3 Å². The summed E-state index contributed by atoms with van der Waals surface area (Å²) in [5.41, 5.74) is 1.20. The molecule has 2 rings (SSSR count). The minimum atomic E-state index is -0.159. The molecule has 0 aliphatic carbocycles. The number of halogens is 1. The Balaban J connectivity index is 2.08. The predicted molar refractivity (Wildman–Crippen MR) is 77.6 cm³/mol. The lowest BCUT2D eigenvalue weighted by Crippen LogP contribution is -2.42. The number of hydrogen-bond donors (Lipinski definition) is 1. The summed E-state index contributed by atoms with van der Waals surface area (Å²) >= 11 is 0. The minimum absolute atomic E-state index is 0.159. The third kappa shape index (κ3) is 3.77. The van der Waals surface area contributed by atoms with Crippen LogP contribution in [0.3, 0.4) is 0 Å². The van der Waals surface area contributed by atoms with Crippen LogP contribution in [0.2, 0.25) is 0 Å². The fourth-order valence-corrected chi connectivity index (χ4v) is 2.73. The second-order valence-electron chi connectivity index (χ2n) is 5.88. The van der Waals surface area contributed by atoms with Crippen molar-refractivity contribution in [3.05, 3.63) is 35.6 Å². The van der Waals surface area contributed by atoms with Crippen LogP contribution < -0.4 is 5.32 Å². The molecular formula is C16H25FN2. The van der Waals surface area contributed by atoms with E-state index in [2.05, 4.69) is 31.0 Å². The summed E-state index contributed by atoms with van der Waals surface area (Å²) < 4.78 is 13.0. The Morgan fingerprint density at radius 3 is 2.53 bits per heavy atom. The third-order valence-corrected chi connectivity index (χ3v) is 4.16. The van der Waals surface area contributed by atoms with E-state index >= 15 is 0 Å². The lowest BCUT2D eigenvalue weighted by Gasteiger charge is -2.31. The van der Waals surface area contributed by atoms with E-state index in [4.69, 9.17) is 0 Å². The average Bonchev–Trinajstić information content (AvgIpc) is 2.64. The van der Waals surface area contributed by atoms with Gasteiger partial charge in [-0.15, -0.1) is 0 Å². The molecule has 2 atom stereocenters. The first-order valence-electron chi connectivity index (χ1n) is 7.31. The molecule has 2 unspecified atom stereocenters. The molecule has 1 heterocycles. The molecule has 19 heavy (non-hydrogen) atoms. The van der Waals surface area contributed by atoms with E-state index < -0.39 is 0 Å². The number of hydrogen-bond acceptors (Lipinski definition) is 2. The number of nitrogens with zero attached hydrogens (tertiary/aromatic N) is 1. The van der Waals surface area contributed by atoms with Crippen LogP contribution in [0.4, 0.5) is 4.39 Å². The van der Waals surface area contributed by atoms with Gasteiger partial charge >= 0.3 is 0 Å². The van der Waals surface area contributed by atoms with Crippen LogP contribution >= 0.6 is 0 Å². The molecule has 0 radical (unpaired) electrons. The predicted octanol–water partition coefficient (Wildman–Crippen LogP) is 3.21. The lowest BCUT2D eigenvalue weighted by molar-refractivity contribution is 0.192. The summed E-state index contributed by atoms with van der Waals surface area (Å²) in [6.07, 6.45) is 1.18. The molecule has 3 heteroatoms. The lowest BCUT2D eigenvalue weighted by atomic mass is 10.0. The molecule has 1 N–H and O–H groups in total. The Hall–Kier alpha value is -0.930. The summed E-state index contributed by atoms with van der Waals surface area (Å²) in [4.78, 5) is 2.51. The normalized spacial score (nSPS) is 23.3. The van der Waals surface area contributed by atoms with Crippen LogP contribution in [-0.4, -0.2) is 30.6 Å². The molecule has 1 saturated heterocycles. The SMILES string of the molecule is CC(C)C1CN(C(C)c2ccc(F)cc2)CCCN1. The van der Waals surface area contributed by atoms with Gasteiger partial charge in [0.2, 0.25) is 0 Å². The maximum Gasteiger partial charge on any atom is 0.123 e. The van der Waals surface area contributed by atoms with Gasteiger partial charge in [0.05, 0.1) is 0 Å². The standard InChI is InChI=1S/C16H25FN2/c1-12(2)16-11-19(10-4-9-18-16)13(3)14-5-7-15(17)8-6-14/h5-8,12-13,16,18H,4,9-11H2,1-3H3. The van der Waals surface area contributed by atoms with E-state index in [9.17, 15) is 4.39 Å². The van der Waals surface area contributed by atoms with Gasteiger partial charge in [-0.2, -0.15) is 0 Å². The van der Waals surface area contributed by atoms with E-state index in [-0.39, 0.29) is 5.82 Å². The van der Waals surface area contributed by atoms with Crippen molar-refractivity contribution >= 4 is 0 Å². The van der Waals surface area contributed by atoms with Crippen molar-refractivity contribution < 1.29 is 4.39 Å². The van der Waals surface area contributed by atoms with E-state index in [1.54, 1.807) is 12.1 Å². The molecule has 0 bridgehead atoms. The number of rotatable bonds is 3. The van der Waals surface area contributed by atoms with E-state index in [0.29, 0.717) is 18.0 Å². The molecule has 2 nitrogen and oxygen atoms in total. The van der Waals surface area contributed by atoms with E-state index in [0.717, 1.165) is 19.6 Å². The topological polar surface area (TPSA) is 15.3 Å². The largest absolute Gasteiger partial charge is 0.312 e. The summed E-state index contributed by atoms with van der Waals surface area (Å²) in [5, 5.41) is 3.62. The van der Waals surface area contributed by atoms with Crippen molar-refractivity contribution in [3.8, 4) is 0 Å². The fourth-order valence-electron chi connectivity index (χ4n) is 2.73. The van der Waals surface area contributed by atoms with Crippen molar-refractivity contribution in [1.82, 2.24) is 10.2 Å². The highest BCUT2D eigenvalue weighted by Gasteiger charge is 2.24. The molecule has 0 aromatic heterocycles. The Bertz CT molecular complexity index is 388. The summed E-state index contributed by atoms with van der Waals surface area (Å²) in [6.45, 7) is 10.0. The van der Waals surface area contributed by atoms with Crippen molar-refractivity contribution in [2.45, 2.75) is 39.3 Å². The maximum absolute atomic E-state index is 13.0. The Morgan fingerprint density at radius 1 is 1.21 bits per heavy atom. The van der Waals surface area contributed by atoms with Crippen LogP contribution in [-0.2, 0) is 0 Å². The molecule has 1 aromatic carbocycles. The van der Waals surface area contributed by atoms with Gasteiger partial charge in [-0.05, 0) is 43.5 Å². The van der Waals surface area contributed by atoms with Gasteiger partial charge in [0.15, 0.2) is 0 Å². The molecule has 1 aromatic rings. The highest BCUT2D eigenvalue weighted by molar-refractivity contribution is 5.19. The maximum atomic E-state index is 13.0. The highest BCUT2D eigenvalue weighted by Crippen LogP contribution is 2.23. The minimum Gasteiger partial charge on any atom is -0.312 e. The second-order valence-corrected chi connectivity index (χ2v) is 5.88. The summed E-state index contributed by atoms with van der Waals surface area (Å²) in [7, 11) is 0. The summed E-state index contributed by atoms with van der Waals surface area (Å²) in [5.74, 6) is 0.481. The van der Waals surface area contributed by atoms with Gasteiger partial charge in [-0.1, -0.05) is 26.0 Å². The quantitative estimate of drug-likeness (QED) is 0.902. The zero-order valence-electron chi connectivity index (χ0n) is 12.2. The highest BCUT2D eigenvalue weighted by atomic mass is 19.1. The van der Waals surface area contributed by atoms with Gasteiger partial charge in [0.1, 0.15) is 5.82 Å².